The largest absolute Gasteiger partial charge is 0.462 e. The molecule has 3 unspecified atom stereocenters. The van der Waals surface area contributed by atoms with Crippen LogP contribution >= 0.6 is 0 Å². The van der Waals surface area contributed by atoms with Crippen LogP contribution in [0, 0.1) is 0 Å². The number of amides is 1. The Hall–Kier alpha value is -3.22. The molecule has 0 aromatic carbocycles. The summed E-state index contributed by atoms with van der Waals surface area (Å²) < 4.78 is 5.90. The Morgan fingerprint density at radius 1 is 0.484 bits per heavy atom. The molecule has 3 atom stereocenters. The van der Waals surface area contributed by atoms with Gasteiger partial charge in [-0.15, -0.1) is 0 Å². The molecule has 6 nitrogen and oxygen atoms in total. The molecule has 0 radical (unpaired) electrons. The molecular formula is C56H95NO5. The fraction of sp³-hybridized carbons (Fsp3) is 0.679. The van der Waals surface area contributed by atoms with Crippen LogP contribution in [0.2, 0.25) is 0 Å². The van der Waals surface area contributed by atoms with Crippen molar-refractivity contribution in [2.75, 3.05) is 6.61 Å². The lowest BCUT2D eigenvalue weighted by atomic mass is 10.0. The van der Waals surface area contributed by atoms with Crippen molar-refractivity contribution in [1.82, 2.24) is 5.32 Å². The van der Waals surface area contributed by atoms with Gasteiger partial charge in [-0.25, -0.2) is 0 Å². The Labute approximate surface area is 382 Å². The molecule has 1 amide bonds. The van der Waals surface area contributed by atoms with E-state index in [0.717, 1.165) is 109 Å². The van der Waals surface area contributed by atoms with Gasteiger partial charge in [0.05, 0.1) is 25.2 Å². The van der Waals surface area contributed by atoms with Gasteiger partial charge in [-0.05, 0) is 109 Å². The average Bonchev–Trinajstić information content (AvgIpc) is 3.26. The minimum absolute atomic E-state index is 0.0325. The van der Waals surface area contributed by atoms with E-state index in [0.29, 0.717) is 19.3 Å². The van der Waals surface area contributed by atoms with Crippen LogP contribution in [0.15, 0.2) is 97.2 Å². The lowest BCUT2D eigenvalue weighted by Crippen LogP contribution is -2.46. The van der Waals surface area contributed by atoms with E-state index in [1.165, 1.54) is 64.2 Å². The summed E-state index contributed by atoms with van der Waals surface area (Å²) in [6.07, 6.45) is 64.7. The standard InChI is InChI=1S/C56H95NO5/c1-4-7-10-13-16-19-21-23-25-26-27-28-30-32-34-37-40-43-46-49-56(61)62-52(47-44-41-38-36-33-31-29-24-22-20-17-14-11-8-5-2)50-55(60)57-53(51-58)54(59)48-45-42-39-35-18-15-12-9-6-3/h7,10,16-17,19-20,23-25,27-29,32-34,36,52-54,58-59H,4-6,8-9,11-15,18,21-22,26,30-31,35,37-51H2,1-3H3,(H,57,60)/b10-7-,19-16-,20-17-,25-23-,28-27-,29-24-,34-32-,36-33-. The number of nitrogens with one attached hydrogen (secondary N) is 1. The topological polar surface area (TPSA) is 95.9 Å². The Balaban J connectivity index is 4.72. The first-order valence-electron chi connectivity index (χ1n) is 25.5. The van der Waals surface area contributed by atoms with Crippen molar-refractivity contribution in [2.45, 2.75) is 238 Å². The van der Waals surface area contributed by atoms with Crippen molar-refractivity contribution in [2.24, 2.45) is 0 Å². The molecule has 354 valence electrons. The molecule has 0 aromatic rings. The summed E-state index contributed by atoms with van der Waals surface area (Å²) in [7, 11) is 0. The second-order valence-electron chi connectivity index (χ2n) is 16.8. The summed E-state index contributed by atoms with van der Waals surface area (Å²) in [6.45, 7) is 6.29. The molecule has 0 aliphatic heterocycles. The molecule has 0 saturated carbocycles. The summed E-state index contributed by atoms with van der Waals surface area (Å²) in [5, 5.41) is 23.7. The third kappa shape index (κ3) is 43.4. The van der Waals surface area contributed by atoms with Gasteiger partial charge in [-0.1, -0.05) is 195 Å². The molecule has 0 heterocycles. The van der Waals surface area contributed by atoms with E-state index in [2.05, 4.69) is 123 Å². The number of aliphatic hydroxyl groups is 2. The van der Waals surface area contributed by atoms with Gasteiger partial charge in [0.25, 0.3) is 0 Å². The monoisotopic (exact) mass is 862 g/mol. The van der Waals surface area contributed by atoms with E-state index in [4.69, 9.17) is 4.74 Å². The molecule has 3 N–H and O–H groups in total. The number of allylic oxidation sites excluding steroid dienone is 16. The summed E-state index contributed by atoms with van der Waals surface area (Å²) >= 11 is 0. The molecular weight excluding hydrogens is 767 g/mol. The lowest BCUT2D eigenvalue weighted by Gasteiger charge is -2.24. The maximum Gasteiger partial charge on any atom is 0.306 e. The van der Waals surface area contributed by atoms with E-state index in [1.54, 1.807) is 0 Å². The van der Waals surface area contributed by atoms with Crippen LogP contribution in [-0.4, -0.2) is 46.9 Å². The molecule has 0 bridgehead atoms. The summed E-state index contributed by atoms with van der Waals surface area (Å²) in [5.41, 5.74) is 0. The van der Waals surface area contributed by atoms with Crippen molar-refractivity contribution >= 4 is 11.9 Å². The van der Waals surface area contributed by atoms with Gasteiger partial charge >= 0.3 is 5.97 Å². The highest BCUT2D eigenvalue weighted by Crippen LogP contribution is 2.16. The number of unbranched alkanes of at least 4 members (excludes halogenated alkanes) is 16. The third-order valence-corrected chi connectivity index (χ3v) is 10.9. The molecule has 0 aliphatic carbocycles. The van der Waals surface area contributed by atoms with Gasteiger partial charge in [0, 0.05) is 6.42 Å². The van der Waals surface area contributed by atoms with E-state index < -0.39 is 18.2 Å². The number of aliphatic hydroxyl groups excluding tert-OH is 2. The number of ether oxygens (including phenoxy) is 1. The Kier molecular flexibility index (Phi) is 46.3. The van der Waals surface area contributed by atoms with Crippen LogP contribution in [0.5, 0.6) is 0 Å². The number of hydrogen-bond acceptors (Lipinski definition) is 5. The smallest absolute Gasteiger partial charge is 0.306 e. The van der Waals surface area contributed by atoms with Crippen LogP contribution in [0.3, 0.4) is 0 Å². The van der Waals surface area contributed by atoms with E-state index in [1.807, 2.05) is 0 Å². The molecule has 62 heavy (non-hydrogen) atoms. The Morgan fingerprint density at radius 3 is 1.35 bits per heavy atom. The zero-order chi connectivity index (χ0) is 45.2. The van der Waals surface area contributed by atoms with Crippen LogP contribution in [0.25, 0.3) is 0 Å². The van der Waals surface area contributed by atoms with Crippen LogP contribution < -0.4 is 5.32 Å². The zero-order valence-corrected chi connectivity index (χ0v) is 40.2. The predicted octanol–water partition coefficient (Wildman–Crippen LogP) is 15.3. The minimum Gasteiger partial charge on any atom is -0.462 e. The molecule has 0 fully saturated rings. The summed E-state index contributed by atoms with van der Waals surface area (Å²) in [5.74, 6) is -0.559. The van der Waals surface area contributed by atoms with Crippen molar-refractivity contribution < 1.29 is 24.5 Å². The molecule has 6 heteroatoms. The van der Waals surface area contributed by atoms with Crippen LogP contribution in [0.1, 0.15) is 220 Å². The molecule has 0 aromatic heterocycles. The fourth-order valence-electron chi connectivity index (χ4n) is 7.05. The predicted molar refractivity (Wildman–Crippen MR) is 268 cm³/mol. The number of carbonyl (C=O) groups is 2. The van der Waals surface area contributed by atoms with Gasteiger partial charge in [0.15, 0.2) is 0 Å². The second kappa shape index (κ2) is 48.8. The number of hydrogen-bond donors (Lipinski definition) is 3. The molecule has 0 rings (SSSR count). The first kappa shape index (κ1) is 58.8. The van der Waals surface area contributed by atoms with Gasteiger partial charge in [0.1, 0.15) is 6.10 Å². The number of carbonyl (C=O) groups excluding carboxylic acids is 2. The Morgan fingerprint density at radius 2 is 0.871 bits per heavy atom. The number of rotatable bonds is 44. The maximum absolute atomic E-state index is 13.2. The van der Waals surface area contributed by atoms with Gasteiger partial charge in [-0.2, -0.15) is 0 Å². The Bertz CT molecular complexity index is 1240. The normalized spacial score (nSPS) is 14.1. The zero-order valence-electron chi connectivity index (χ0n) is 40.2. The summed E-state index contributed by atoms with van der Waals surface area (Å²) in [4.78, 5) is 26.1. The molecule has 0 aliphatic rings. The van der Waals surface area contributed by atoms with Crippen molar-refractivity contribution in [3.63, 3.8) is 0 Å². The first-order chi connectivity index (χ1) is 30.5. The van der Waals surface area contributed by atoms with E-state index in [-0.39, 0.29) is 24.9 Å². The molecule has 0 saturated heterocycles. The maximum atomic E-state index is 13.2. The van der Waals surface area contributed by atoms with Gasteiger partial charge in [-0.3, -0.25) is 9.59 Å². The number of esters is 1. The van der Waals surface area contributed by atoms with Crippen molar-refractivity contribution in [3.05, 3.63) is 97.2 Å². The fourth-order valence-corrected chi connectivity index (χ4v) is 7.05. The van der Waals surface area contributed by atoms with E-state index in [9.17, 15) is 19.8 Å². The van der Waals surface area contributed by atoms with Crippen molar-refractivity contribution in [1.29, 1.82) is 0 Å². The van der Waals surface area contributed by atoms with Gasteiger partial charge in [0.2, 0.25) is 5.91 Å². The average molecular weight is 862 g/mol. The van der Waals surface area contributed by atoms with E-state index >= 15 is 0 Å². The first-order valence-corrected chi connectivity index (χ1v) is 25.5. The SMILES string of the molecule is CC/C=C\C/C=C\C/C=C\C/C=C\C/C=C\CCCCCC(=O)OC(CCCC/C=C\C/C=C\C/C=C\CCCCC)CC(=O)NC(CO)C(O)CCCCCCCCCCC. The lowest BCUT2D eigenvalue weighted by molar-refractivity contribution is -0.151. The van der Waals surface area contributed by atoms with Crippen molar-refractivity contribution in [3.8, 4) is 0 Å². The highest BCUT2D eigenvalue weighted by molar-refractivity contribution is 5.77. The second-order valence-corrected chi connectivity index (χ2v) is 16.8. The quantitative estimate of drug-likeness (QED) is 0.0322. The van der Waals surface area contributed by atoms with Crippen LogP contribution in [-0.2, 0) is 14.3 Å². The highest BCUT2D eigenvalue weighted by atomic mass is 16.5. The highest BCUT2D eigenvalue weighted by Gasteiger charge is 2.24. The third-order valence-electron chi connectivity index (χ3n) is 10.9. The summed E-state index contributed by atoms with van der Waals surface area (Å²) in [6, 6.07) is -0.725. The molecule has 0 spiro atoms. The minimum atomic E-state index is -0.808. The van der Waals surface area contributed by atoms with Gasteiger partial charge < -0.3 is 20.3 Å². The van der Waals surface area contributed by atoms with Crippen LogP contribution in [0.4, 0.5) is 0 Å².